The summed E-state index contributed by atoms with van der Waals surface area (Å²) in [4.78, 5) is 13.1. The lowest BCUT2D eigenvalue weighted by atomic mass is 10.0. The molecule has 0 bridgehead atoms. The molecule has 1 amide bonds. The van der Waals surface area contributed by atoms with Gasteiger partial charge in [0, 0.05) is 11.3 Å². The summed E-state index contributed by atoms with van der Waals surface area (Å²) in [6, 6.07) is 36.4. The van der Waals surface area contributed by atoms with Gasteiger partial charge in [-0.3, -0.25) is 4.79 Å². The predicted molar refractivity (Wildman–Crippen MR) is 138 cm³/mol. The van der Waals surface area contributed by atoms with Crippen LogP contribution in [0.2, 0.25) is 0 Å². The van der Waals surface area contributed by atoms with Gasteiger partial charge in [-0.05, 0) is 60.4 Å². The molecule has 34 heavy (non-hydrogen) atoms. The van der Waals surface area contributed by atoms with Crippen molar-refractivity contribution < 1.29 is 4.79 Å². The zero-order valence-electron chi connectivity index (χ0n) is 19.2. The number of nitrogens with one attached hydrogen (secondary N) is 1. The number of anilines is 1. The summed E-state index contributed by atoms with van der Waals surface area (Å²) < 4.78 is 1.84. The van der Waals surface area contributed by atoms with Gasteiger partial charge in [0.05, 0.1) is 11.4 Å². The summed E-state index contributed by atoms with van der Waals surface area (Å²) in [5.41, 5.74) is 8.36. The van der Waals surface area contributed by atoms with Gasteiger partial charge in [-0.25, -0.2) is 4.68 Å². The van der Waals surface area contributed by atoms with Crippen LogP contribution in [0.25, 0.3) is 28.1 Å². The Kier molecular flexibility index (Phi) is 5.79. The number of aromatic nitrogens is 2. The number of nitrogens with zero attached hydrogens (tertiary/aromatic N) is 2. The molecule has 0 unspecified atom stereocenters. The van der Waals surface area contributed by atoms with Crippen LogP contribution < -0.4 is 5.32 Å². The maximum Gasteiger partial charge on any atom is 0.276 e. The number of para-hydroxylation sites is 1. The number of rotatable bonds is 5. The molecule has 4 aromatic carbocycles. The number of aryl methyl sites for hydroxylation is 2. The molecule has 0 saturated heterocycles. The van der Waals surface area contributed by atoms with E-state index in [9.17, 15) is 4.79 Å². The lowest BCUT2D eigenvalue weighted by molar-refractivity contribution is 0.102. The summed E-state index contributed by atoms with van der Waals surface area (Å²) in [7, 11) is 0. The molecule has 1 N–H and O–H groups in total. The van der Waals surface area contributed by atoms with Crippen LogP contribution >= 0.6 is 0 Å². The van der Waals surface area contributed by atoms with Crippen LogP contribution in [-0.2, 0) is 0 Å². The van der Waals surface area contributed by atoms with Crippen molar-refractivity contribution in [3.05, 3.63) is 126 Å². The van der Waals surface area contributed by atoms with E-state index < -0.39 is 0 Å². The topological polar surface area (TPSA) is 46.9 Å². The fourth-order valence-electron chi connectivity index (χ4n) is 4.02. The second-order valence-electron chi connectivity index (χ2n) is 8.38. The number of hydrogen-bond acceptors (Lipinski definition) is 2. The highest BCUT2D eigenvalue weighted by atomic mass is 16.2. The molecule has 4 heteroatoms. The van der Waals surface area contributed by atoms with Crippen LogP contribution in [-0.4, -0.2) is 15.7 Å². The van der Waals surface area contributed by atoms with Crippen molar-refractivity contribution in [3.8, 4) is 28.1 Å². The molecule has 0 saturated carbocycles. The standard InChI is InChI=1S/C30H25N3O/c1-21-9-8-13-26(19-21)33-29(25-17-15-24(16-18-25)23-11-4-3-5-12-23)20-28(32-33)30(34)31-27-14-7-6-10-22(27)2/h3-20H,1-2H3,(H,31,34). The van der Waals surface area contributed by atoms with Crippen molar-refractivity contribution in [2.75, 3.05) is 5.32 Å². The van der Waals surface area contributed by atoms with Gasteiger partial charge in [0.25, 0.3) is 5.91 Å². The number of hydrogen-bond donors (Lipinski definition) is 1. The van der Waals surface area contributed by atoms with E-state index in [0.717, 1.165) is 39.3 Å². The van der Waals surface area contributed by atoms with Crippen LogP contribution in [0.1, 0.15) is 21.6 Å². The maximum atomic E-state index is 13.1. The fraction of sp³-hybridized carbons (Fsp3) is 0.0667. The van der Waals surface area contributed by atoms with Gasteiger partial charge < -0.3 is 5.32 Å². The Morgan fingerprint density at radius 2 is 1.38 bits per heavy atom. The first-order valence-corrected chi connectivity index (χ1v) is 11.3. The highest BCUT2D eigenvalue weighted by Crippen LogP contribution is 2.28. The third kappa shape index (κ3) is 4.39. The Morgan fingerprint density at radius 1 is 0.706 bits per heavy atom. The SMILES string of the molecule is Cc1cccc(-n2nc(C(=O)Nc3ccccc3C)cc2-c2ccc(-c3ccccc3)cc2)c1. The van der Waals surface area contributed by atoms with Crippen LogP contribution in [0, 0.1) is 13.8 Å². The Morgan fingerprint density at radius 3 is 2.12 bits per heavy atom. The summed E-state index contributed by atoms with van der Waals surface area (Å²) in [5, 5.41) is 7.71. The van der Waals surface area contributed by atoms with Crippen molar-refractivity contribution >= 4 is 11.6 Å². The Labute approximate surface area is 199 Å². The molecule has 0 atom stereocenters. The Balaban J connectivity index is 1.55. The van der Waals surface area contributed by atoms with E-state index >= 15 is 0 Å². The second kappa shape index (κ2) is 9.20. The summed E-state index contributed by atoms with van der Waals surface area (Å²) >= 11 is 0. The number of benzene rings is 4. The number of amides is 1. The highest BCUT2D eigenvalue weighted by molar-refractivity contribution is 6.04. The lowest BCUT2D eigenvalue weighted by Gasteiger charge is -2.09. The zero-order chi connectivity index (χ0) is 23.5. The van der Waals surface area contributed by atoms with Crippen molar-refractivity contribution in [3.63, 3.8) is 0 Å². The van der Waals surface area contributed by atoms with Gasteiger partial charge in [0.1, 0.15) is 0 Å². The summed E-state index contributed by atoms with van der Waals surface area (Å²) in [6.45, 7) is 4.02. The Bertz CT molecular complexity index is 1450. The monoisotopic (exact) mass is 443 g/mol. The van der Waals surface area contributed by atoms with Gasteiger partial charge in [0.15, 0.2) is 5.69 Å². The molecule has 166 valence electrons. The average molecular weight is 444 g/mol. The molecule has 0 fully saturated rings. The Hall–Kier alpha value is -4.44. The molecule has 1 heterocycles. The maximum absolute atomic E-state index is 13.1. The first-order valence-electron chi connectivity index (χ1n) is 11.3. The van der Waals surface area contributed by atoms with E-state index in [2.05, 4.69) is 47.8 Å². The van der Waals surface area contributed by atoms with Gasteiger partial charge in [-0.15, -0.1) is 0 Å². The normalized spacial score (nSPS) is 10.8. The predicted octanol–water partition coefficient (Wildman–Crippen LogP) is 7.08. The van der Waals surface area contributed by atoms with E-state index in [0.29, 0.717) is 5.69 Å². The molecule has 4 nitrogen and oxygen atoms in total. The van der Waals surface area contributed by atoms with E-state index in [4.69, 9.17) is 5.10 Å². The third-order valence-corrected chi connectivity index (χ3v) is 5.87. The summed E-state index contributed by atoms with van der Waals surface area (Å²) in [5.74, 6) is -0.233. The van der Waals surface area contributed by atoms with E-state index in [1.807, 2.05) is 85.3 Å². The van der Waals surface area contributed by atoms with Gasteiger partial charge in [0.2, 0.25) is 0 Å². The highest BCUT2D eigenvalue weighted by Gasteiger charge is 2.18. The van der Waals surface area contributed by atoms with Crippen LogP contribution in [0.3, 0.4) is 0 Å². The van der Waals surface area contributed by atoms with Crippen molar-refractivity contribution in [2.24, 2.45) is 0 Å². The summed E-state index contributed by atoms with van der Waals surface area (Å²) in [6.07, 6.45) is 0. The molecule has 1 aromatic heterocycles. The molecule has 0 aliphatic heterocycles. The minimum absolute atomic E-state index is 0.233. The van der Waals surface area contributed by atoms with E-state index in [1.165, 1.54) is 5.56 Å². The molecule has 0 aliphatic rings. The van der Waals surface area contributed by atoms with E-state index in [-0.39, 0.29) is 5.91 Å². The van der Waals surface area contributed by atoms with Gasteiger partial charge in [-0.1, -0.05) is 84.9 Å². The number of carbonyl (C=O) groups is 1. The second-order valence-corrected chi connectivity index (χ2v) is 8.38. The van der Waals surface area contributed by atoms with Crippen molar-refractivity contribution in [2.45, 2.75) is 13.8 Å². The zero-order valence-corrected chi connectivity index (χ0v) is 19.2. The van der Waals surface area contributed by atoms with Crippen molar-refractivity contribution in [1.29, 1.82) is 0 Å². The van der Waals surface area contributed by atoms with Crippen LogP contribution in [0.15, 0.2) is 109 Å². The molecule has 0 radical (unpaired) electrons. The smallest absolute Gasteiger partial charge is 0.276 e. The molecule has 0 aliphatic carbocycles. The van der Waals surface area contributed by atoms with Gasteiger partial charge >= 0.3 is 0 Å². The quantitative estimate of drug-likeness (QED) is 0.316. The van der Waals surface area contributed by atoms with E-state index in [1.54, 1.807) is 0 Å². The van der Waals surface area contributed by atoms with Crippen LogP contribution in [0.5, 0.6) is 0 Å². The first kappa shape index (κ1) is 21.4. The largest absolute Gasteiger partial charge is 0.320 e. The fourth-order valence-corrected chi connectivity index (χ4v) is 4.02. The molecular formula is C30H25N3O. The first-order chi connectivity index (χ1) is 16.6. The van der Waals surface area contributed by atoms with Crippen molar-refractivity contribution in [1.82, 2.24) is 9.78 Å². The number of carbonyl (C=O) groups excluding carboxylic acids is 1. The molecule has 5 aromatic rings. The molecule has 0 spiro atoms. The van der Waals surface area contributed by atoms with Gasteiger partial charge in [-0.2, -0.15) is 5.10 Å². The third-order valence-electron chi connectivity index (χ3n) is 5.87. The molecular weight excluding hydrogens is 418 g/mol. The average Bonchev–Trinajstić information content (AvgIpc) is 3.32. The minimum Gasteiger partial charge on any atom is -0.320 e. The lowest BCUT2D eigenvalue weighted by Crippen LogP contribution is -2.14. The van der Waals surface area contributed by atoms with Crippen LogP contribution in [0.4, 0.5) is 5.69 Å². The molecule has 5 rings (SSSR count). The minimum atomic E-state index is -0.233.